The molecule has 134 valence electrons. The Morgan fingerprint density at radius 1 is 0.926 bits per heavy atom. The number of aromatic nitrogens is 1. The number of nitrogens with zero attached hydrogens (tertiary/aromatic N) is 1. The molecule has 0 atom stereocenters. The molecule has 3 aromatic rings. The SMILES string of the molecule is Cc1ccccc1/C=C/C(=O)Nc1cccc(NC(=O)c2cccnc2)c1. The van der Waals surface area contributed by atoms with Crippen LogP contribution in [0.15, 0.2) is 79.1 Å². The molecule has 2 N–H and O–H groups in total. The van der Waals surface area contributed by atoms with E-state index in [4.69, 9.17) is 0 Å². The molecule has 0 fully saturated rings. The zero-order valence-corrected chi connectivity index (χ0v) is 14.8. The maximum atomic E-state index is 12.2. The Balaban J connectivity index is 1.64. The largest absolute Gasteiger partial charge is 0.322 e. The topological polar surface area (TPSA) is 71.1 Å². The lowest BCUT2D eigenvalue weighted by atomic mass is 10.1. The number of amides is 2. The van der Waals surface area contributed by atoms with E-state index in [0.717, 1.165) is 11.1 Å². The van der Waals surface area contributed by atoms with Crippen molar-refractivity contribution in [3.05, 3.63) is 95.8 Å². The van der Waals surface area contributed by atoms with E-state index >= 15 is 0 Å². The zero-order chi connectivity index (χ0) is 19.1. The zero-order valence-electron chi connectivity index (χ0n) is 14.8. The molecule has 0 aliphatic heterocycles. The first-order valence-electron chi connectivity index (χ1n) is 8.48. The van der Waals surface area contributed by atoms with E-state index in [-0.39, 0.29) is 11.8 Å². The maximum absolute atomic E-state index is 12.2. The van der Waals surface area contributed by atoms with Crippen LogP contribution in [-0.2, 0) is 4.79 Å². The van der Waals surface area contributed by atoms with Crippen LogP contribution in [0.4, 0.5) is 11.4 Å². The van der Waals surface area contributed by atoms with E-state index in [1.165, 1.54) is 12.3 Å². The normalized spacial score (nSPS) is 10.6. The minimum absolute atomic E-state index is 0.242. The predicted molar refractivity (Wildman–Crippen MR) is 107 cm³/mol. The number of carbonyl (C=O) groups excluding carboxylic acids is 2. The first kappa shape index (κ1) is 18.1. The first-order chi connectivity index (χ1) is 13.1. The summed E-state index contributed by atoms with van der Waals surface area (Å²) in [6.07, 6.45) is 6.37. The minimum atomic E-state index is -0.258. The molecule has 27 heavy (non-hydrogen) atoms. The van der Waals surface area contributed by atoms with Gasteiger partial charge in [-0.15, -0.1) is 0 Å². The van der Waals surface area contributed by atoms with Crippen LogP contribution in [0.2, 0.25) is 0 Å². The molecule has 0 radical (unpaired) electrons. The number of hydrogen-bond donors (Lipinski definition) is 2. The number of anilines is 2. The van der Waals surface area contributed by atoms with E-state index in [0.29, 0.717) is 16.9 Å². The van der Waals surface area contributed by atoms with E-state index in [9.17, 15) is 9.59 Å². The number of aryl methyl sites for hydroxylation is 1. The Labute approximate surface area is 157 Å². The molecule has 0 saturated carbocycles. The number of carbonyl (C=O) groups is 2. The fourth-order valence-electron chi connectivity index (χ4n) is 2.50. The van der Waals surface area contributed by atoms with E-state index < -0.39 is 0 Å². The molecule has 2 amide bonds. The standard InChI is InChI=1S/C22H19N3O2/c1-16-6-2-3-7-17(16)11-12-21(26)24-19-9-4-10-20(14-19)25-22(27)18-8-5-13-23-15-18/h2-15H,1H3,(H,24,26)(H,25,27)/b12-11+. The van der Waals surface area contributed by atoms with Crippen LogP contribution < -0.4 is 10.6 Å². The van der Waals surface area contributed by atoms with Gasteiger partial charge in [-0.3, -0.25) is 14.6 Å². The average molecular weight is 357 g/mol. The molecule has 5 heteroatoms. The highest BCUT2D eigenvalue weighted by atomic mass is 16.2. The van der Waals surface area contributed by atoms with Crippen molar-refractivity contribution in [1.29, 1.82) is 0 Å². The van der Waals surface area contributed by atoms with Gasteiger partial charge in [0.2, 0.25) is 5.91 Å². The second-order valence-corrected chi connectivity index (χ2v) is 5.96. The van der Waals surface area contributed by atoms with Crippen molar-refractivity contribution in [3.8, 4) is 0 Å². The summed E-state index contributed by atoms with van der Waals surface area (Å²) >= 11 is 0. The Hall–Kier alpha value is -3.73. The summed E-state index contributed by atoms with van der Waals surface area (Å²) < 4.78 is 0. The second-order valence-electron chi connectivity index (χ2n) is 5.96. The highest BCUT2D eigenvalue weighted by molar-refractivity contribution is 6.05. The molecule has 0 unspecified atom stereocenters. The lowest BCUT2D eigenvalue weighted by Gasteiger charge is -2.08. The molecular formula is C22H19N3O2. The van der Waals surface area contributed by atoms with Gasteiger partial charge in [0.1, 0.15) is 0 Å². The van der Waals surface area contributed by atoms with Crippen LogP contribution in [0.1, 0.15) is 21.5 Å². The third kappa shape index (κ3) is 5.12. The van der Waals surface area contributed by atoms with Crippen LogP contribution in [0.5, 0.6) is 0 Å². The number of nitrogens with one attached hydrogen (secondary N) is 2. The van der Waals surface area contributed by atoms with Crippen molar-refractivity contribution >= 4 is 29.3 Å². The number of benzene rings is 2. The number of pyridine rings is 1. The fourth-order valence-corrected chi connectivity index (χ4v) is 2.50. The Morgan fingerprint density at radius 2 is 1.70 bits per heavy atom. The quantitative estimate of drug-likeness (QED) is 0.669. The van der Waals surface area contributed by atoms with Gasteiger partial charge in [0, 0.05) is 29.8 Å². The summed E-state index contributed by atoms with van der Waals surface area (Å²) in [6, 6.07) is 18.2. The Kier molecular flexibility index (Phi) is 5.74. The third-order valence-electron chi connectivity index (χ3n) is 3.91. The van der Waals surface area contributed by atoms with Crippen molar-refractivity contribution < 1.29 is 9.59 Å². The van der Waals surface area contributed by atoms with Gasteiger partial charge in [-0.05, 0) is 54.5 Å². The van der Waals surface area contributed by atoms with Crippen LogP contribution in [-0.4, -0.2) is 16.8 Å². The van der Waals surface area contributed by atoms with Gasteiger partial charge >= 0.3 is 0 Å². The van der Waals surface area contributed by atoms with Crippen LogP contribution >= 0.6 is 0 Å². The second kappa shape index (κ2) is 8.58. The minimum Gasteiger partial charge on any atom is -0.322 e. The van der Waals surface area contributed by atoms with Crippen molar-refractivity contribution in [2.75, 3.05) is 10.6 Å². The van der Waals surface area contributed by atoms with Gasteiger partial charge in [-0.1, -0.05) is 30.3 Å². The molecule has 3 rings (SSSR count). The third-order valence-corrected chi connectivity index (χ3v) is 3.91. The van der Waals surface area contributed by atoms with Gasteiger partial charge < -0.3 is 10.6 Å². The molecule has 0 aliphatic carbocycles. The smallest absolute Gasteiger partial charge is 0.257 e. The first-order valence-corrected chi connectivity index (χ1v) is 8.48. The van der Waals surface area contributed by atoms with Gasteiger partial charge in [0.15, 0.2) is 0 Å². The summed E-state index contributed by atoms with van der Waals surface area (Å²) in [6.45, 7) is 1.99. The van der Waals surface area contributed by atoms with Gasteiger partial charge in [-0.25, -0.2) is 0 Å². The summed E-state index contributed by atoms with van der Waals surface area (Å²) in [4.78, 5) is 28.3. The number of rotatable bonds is 5. The summed E-state index contributed by atoms with van der Waals surface area (Å²) in [5, 5.41) is 5.58. The Bertz CT molecular complexity index is 982. The van der Waals surface area contributed by atoms with E-state index in [1.807, 2.05) is 31.2 Å². The number of hydrogen-bond acceptors (Lipinski definition) is 3. The highest BCUT2D eigenvalue weighted by Gasteiger charge is 2.06. The highest BCUT2D eigenvalue weighted by Crippen LogP contribution is 2.16. The molecule has 2 aromatic carbocycles. The van der Waals surface area contributed by atoms with Crippen LogP contribution in [0, 0.1) is 6.92 Å². The predicted octanol–water partition coefficient (Wildman–Crippen LogP) is 4.29. The van der Waals surface area contributed by atoms with Gasteiger partial charge in [0.05, 0.1) is 5.56 Å². The van der Waals surface area contributed by atoms with E-state index in [1.54, 1.807) is 48.7 Å². The molecule has 0 bridgehead atoms. The molecule has 5 nitrogen and oxygen atoms in total. The van der Waals surface area contributed by atoms with Crippen molar-refractivity contribution in [3.63, 3.8) is 0 Å². The lowest BCUT2D eigenvalue weighted by Crippen LogP contribution is -2.13. The molecule has 1 heterocycles. The van der Waals surface area contributed by atoms with Crippen molar-refractivity contribution in [2.45, 2.75) is 6.92 Å². The molecule has 1 aromatic heterocycles. The summed E-state index contributed by atoms with van der Waals surface area (Å²) in [7, 11) is 0. The maximum Gasteiger partial charge on any atom is 0.257 e. The molecule has 0 saturated heterocycles. The van der Waals surface area contributed by atoms with E-state index in [2.05, 4.69) is 15.6 Å². The molecule has 0 spiro atoms. The van der Waals surface area contributed by atoms with Gasteiger partial charge in [0.25, 0.3) is 5.91 Å². The average Bonchev–Trinajstić information content (AvgIpc) is 2.68. The van der Waals surface area contributed by atoms with Crippen molar-refractivity contribution in [2.24, 2.45) is 0 Å². The van der Waals surface area contributed by atoms with Crippen molar-refractivity contribution in [1.82, 2.24) is 4.98 Å². The lowest BCUT2D eigenvalue weighted by molar-refractivity contribution is -0.111. The van der Waals surface area contributed by atoms with Crippen LogP contribution in [0.25, 0.3) is 6.08 Å². The van der Waals surface area contributed by atoms with Crippen LogP contribution in [0.3, 0.4) is 0 Å². The summed E-state index contributed by atoms with van der Waals surface area (Å²) in [5.41, 5.74) is 3.74. The van der Waals surface area contributed by atoms with Gasteiger partial charge in [-0.2, -0.15) is 0 Å². The Morgan fingerprint density at radius 3 is 2.44 bits per heavy atom. The molecule has 0 aliphatic rings. The summed E-state index contributed by atoms with van der Waals surface area (Å²) in [5.74, 6) is -0.500. The monoisotopic (exact) mass is 357 g/mol. The molecular weight excluding hydrogens is 338 g/mol. The fraction of sp³-hybridized carbons (Fsp3) is 0.0455.